The molecule has 10 heteroatoms. The van der Waals surface area contributed by atoms with E-state index in [4.69, 9.17) is 15.9 Å². The molecule has 0 radical (unpaired) electrons. The Balaban J connectivity index is 1.50. The maximum absolute atomic E-state index is 13.1. The highest BCUT2D eigenvalue weighted by atomic mass is 16.5. The van der Waals surface area contributed by atoms with Crippen LogP contribution in [0.4, 0.5) is 11.4 Å². The number of amidine groups is 1. The van der Waals surface area contributed by atoms with Crippen LogP contribution in [0.25, 0.3) is 0 Å². The maximum Gasteiger partial charge on any atom is 0.259 e. The number of aliphatic hydroxyl groups is 1. The topological polar surface area (TPSA) is 149 Å². The zero-order valence-electron chi connectivity index (χ0n) is 19.0. The zero-order chi connectivity index (χ0) is 24.6. The van der Waals surface area contributed by atoms with Crippen molar-refractivity contribution in [3.8, 4) is 0 Å². The summed E-state index contributed by atoms with van der Waals surface area (Å²) in [4.78, 5) is 41.3. The van der Waals surface area contributed by atoms with Crippen LogP contribution in [0.1, 0.15) is 34.0 Å². The highest BCUT2D eigenvalue weighted by Crippen LogP contribution is 2.28. The van der Waals surface area contributed by atoms with Crippen molar-refractivity contribution in [1.29, 1.82) is 5.41 Å². The molecule has 0 aliphatic carbocycles. The van der Waals surface area contributed by atoms with Crippen LogP contribution >= 0.6 is 0 Å². The molecule has 2 aromatic carbocycles. The van der Waals surface area contributed by atoms with E-state index in [-0.39, 0.29) is 24.9 Å². The van der Waals surface area contributed by atoms with E-state index in [0.29, 0.717) is 35.5 Å². The number of morpholine rings is 1. The molecule has 34 heavy (non-hydrogen) atoms. The van der Waals surface area contributed by atoms with Crippen LogP contribution in [0.2, 0.25) is 0 Å². The fourth-order valence-electron chi connectivity index (χ4n) is 4.21. The predicted octanol–water partition coefficient (Wildman–Crippen LogP) is 0.850. The minimum Gasteiger partial charge on any atom is -0.384 e. The summed E-state index contributed by atoms with van der Waals surface area (Å²) in [6.07, 6.45) is -2.57. The van der Waals surface area contributed by atoms with Gasteiger partial charge in [0, 0.05) is 42.6 Å². The van der Waals surface area contributed by atoms with E-state index in [1.807, 2.05) is 13.0 Å². The Bertz CT molecular complexity index is 1180. The van der Waals surface area contributed by atoms with Crippen LogP contribution in [-0.4, -0.2) is 66.0 Å². The predicted molar refractivity (Wildman–Crippen MR) is 126 cm³/mol. The summed E-state index contributed by atoms with van der Waals surface area (Å²) in [5, 5.41) is 20.9. The first-order valence-corrected chi connectivity index (χ1v) is 11.0. The Morgan fingerprint density at radius 3 is 2.76 bits per heavy atom. The van der Waals surface area contributed by atoms with Gasteiger partial charge in [-0.2, -0.15) is 0 Å². The number of aryl methyl sites for hydroxylation is 1. The number of anilines is 2. The highest BCUT2D eigenvalue weighted by molar-refractivity contribution is 6.05. The third kappa shape index (κ3) is 4.25. The third-order valence-corrected chi connectivity index (χ3v) is 6.12. The summed E-state index contributed by atoms with van der Waals surface area (Å²) in [5.74, 6) is -1.55. The van der Waals surface area contributed by atoms with Gasteiger partial charge in [-0.25, -0.2) is 0 Å². The second-order valence-corrected chi connectivity index (χ2v) is 8.36. The number of ether oxygens (including phenoxy) is 1. The summed E-state index contributed by atoms with van der Waals surface area (Å²) in [7, 11) is 1.71. The quantitative estimate of drug-likeness (QED) is 0.367. The standard InChI is InChI=1S/C24H27N5O5/c1-3-13-10-14(21(25)26)5-7-18(13)27-22(31)19(30)20-24(33)29(8-9-34-20)16-6-4-15-12-28(2)23(32)17(15)11-16/h4-7,10-11,19-20,30H,3,8-9,12H2,1-2H3,(H3,25,26)(H,27,31)/t19?,20-/m1/s1. The third-order valence-electron chi connectivity index (χ3n) is 6.12. The van der Waals surface area contributed by atoms with Gasteiger partial charge in [0.25, 0.3) is 17.7 Å². The van der Waals surface area contributed by atoms with Gasteiger partial charge >= 0.3 is 0 Å². The monoisotopic (exact) mass is 465 g/mol. The first-order chi connectivity index (χ1) is 16.2. The van der Waals surface area contributed by atoms with Gasteiger partial charge in [-0.1, -0.05) is 13.0 Å². The van der Waals surface area contributed by atoms with Crippen LogP contribution in [0.3, 0.4) is 0 Å². The molecule has 2 heterocycles. The number of hydrogen-bond acceptors (Lipinski definition) is 6. The molecule has 2 atom stereocenters. The number of nitrogens with two attached hydrogens (primary N) is 1. The van der Waals surface area contributed by atoms with Crippen LogP contribution < -0.4 is 16.0 Å². The molecule has 0 spiro atoms. The normalized spacial score (nSPS) is 18.6. The number of nitrogen functional groups attached to an aromatic ring is 1. The number of fused-ring (bicyclic) bond motifs is 1. The van der Waals surface area contributed by atoms with E-state index >= 15 is 0 Å². The second kappa shape index (κ2) is 9.24. The summed E-state index contributed by atoms with van der Waals surface area (Å²) in [5.41, 5.74) is 9.18. The van der Waals surface area contributed by atoms with E-state index in [2.05, 4.69) is 5.32 Å². The SMILES string of the molecule is CCc1cc(C(=N)N)ccc1NC(=O)C(O)[C@H]1OCCN(c2ccc3c(c2)C(=O)N(C)C3)C1=O. The fourth-order valence-corrected chi connectivity index (χ4v) is 4.21. The largest absolute Gasteiger partial charge is 0.384 e. The van der Waals surface area contributed by atoms with Gasteiger partial charge in [0.1, 0.15) is 5.84 Å². The zero-order valence-corrected chi connectivity index (χ0v) is 19.0. The molecule has 1 unspecified atom stereocenters. The number of amides is 3. The Morgan fingerprint density at radius 2 is 2.06 bits per heavy atom. The van der Waals surface area contributed by atoms with Gasteiger partial charge in [0.15, 0.2) is 12.2 Å². The molecule has 0 aromatic heterocycles. The summed E-state index contributed by atoms with van der Waals surface area (Å²) in [6, 6.07) is 10.1. The lowest BCUT2D eigenvalue weighted by Gasteiger charge is -2.34. The molecule has 178 valence electrons. The van der Waals surface area contributed by atoms with E-state index in [0.717, 1.165) is 11.1 Å². The van der Waals surface area contributed by atoms with Gasteiger partial charge < -0.3 is 30.7 Å². The molecule has 0 saturated carbocycles. The van der Waals surface area contributed by atoms with Gasteiger partial charge in [-0.3, -0.25) is 19.8 Å². The summed E-state index contributed by atoms with van der Waals surface area (Å²) < 4.78 is 5.48. The molecule has 3 amide bonds. The van der Waals surface area contributed by atoms with Gasteiger partial charge in [0.05, 0.1) is 6.61 Å². The molecule has 1 fully saturated rings. The van der Waals surface area contributed by atoms with Crippen LogP contribution in [0.15, 0.2) is 36.4 Å². The highest BCUT2D eigenvalue weighted by Gasteiger charge is 2.40. The summed E-state index contributed by atoms with van der Waals surface area (Å²) >= 11 is 0. The number of carbonyl (C=O) groups is 3. The van der Waals surface area contributed by atoms with Gasteiger partial charge in [-0.15, -0.1) is 0 Å². The smallest absolute Gasteiger partial charge is 0.259 e. The van der Waals surface area contributed by atoms with Crippen molar-refractivity contribution < 1.29 is 24.2 Å². The molecule has 2 aliphatic rings. The molecule has 2 aliphatic heterocycles. The van der Waals surface area contributed by atoms with Crippen molar-refractivity contribution in [2.75, 3.05) is 30.4 Å². The minimum atomic E-state index is -1.74. The van der Waals surface area contributed by atoms with E-state index in [1.54, 1.807) is 42.3 Å². The summed E-state index contributed by atoms with van der Waals surface area (Å²) in [6.45, 7) is 2.76. The van der Waals surface area contributed by atoms with Crippen molar-refractivity contribution in [1.82, 2.24) is 4.90 Å². The van der Waals surface area contributed by atoms with E-state index < -0.39 is 24.0 Å². The van der Waals surface area contributed by atoms with Crippen molar-refractivity contribution >= 4 is 34.9 Å². The van der Waals surface area contributed by atoms with Crippen molar-refractivity contribution in [2.24, 2.45) is 5.73 Å². The van der Waals surface area contributed by atoms with Gasteiger partial charge in [0.2, 0.25) is 0 Å². The molecular formula is C24H27N5O5. The Morgan fingerprint density at radius 1 is 1.29 bits per heavy atom. The number of benzene rings is 2. The lowest BCUT2D eigenvalue weighted by molar-refractivity contribution is -0.150. The fraction of sp³-hybridized carbons (Fsp3) is 0.333. The average molecular weight is 466 g/mol. The second-order valence-electron chi connectivity index (χ2n) is 8.36. The first kappa shape index (κ1) is 23.4. The van der Waals surface area contributed by atoms with Crippen molar-refractivity contribution in [3.63, 3.8) is 0 Å². The average Bonchev–Trinajstić information content (AvgIpc) is 3.11. The maximum atomic E-state index is 13.1. The van der Waals surface area contributed by atoms with E-state index in [1.165, 1.54) is 4.90 Å². The lowest BCUT2D eigenvalue weighted by atomic mass is 10.0. The van der Waals surface area contributed by atoms with E-state index in [9.17, 15) is 19.5 Å². The Hall–Kier alpha value is -3.76. The van der Waals surface area contributed by atoms with Crippen molar-refractivity contribution in [2.45, 2.75) is 32.1 Å². The molecule has 4 rings (SSSR count). The minimum absolute atomic E-state index is 0.0891. The molecular weight excluding hydrogens is 438 g/mol. The molecule has 0 bridgehead atoms. The Labute approximate surface area is 196 Å². The molecule has 5 N–H and O–H groups in total. The number of carbonyl (C=O) groups excluding carboxylic acids is 3. The number of rotatable bonds is 6. The molecule has 10 nitrogen and oxygen atoms in total. The van der Waals surface area contributed by atoms with Crippen LogP contribution in [-0.2, 0) is 27.3 Å². The first-order valence-electron chi connectivity index (χ1n) is 11.0. The molecule has 1 saturated heterocycles. The van der Waals surface area contributed by atoms with Gasteiger partial charge in [-0.05, 0) is 47.9 Å². The number of hydrogen-bond donors (Lipinski definition) is 4. The van der Waals surface area contributed by atoms with Crippen LogP contribution in [0.5, 0.6) is 0 Å². The Kier molecular flexibility index (Phi) is 6.36. The number of aliphatic hydroxyl groups excluding tert-OH is 1. The number of nitrogens with one attached hydrogen (secondary N) is 2. The lowest BCUT2D eigenvalue weighted by Crippen LogP contribution is -2.55. The number of nitrogens with zero attached hydrogens (tertiary/aromatic N) is 2. The van der Waals surface area contributed by atoms with Crippen molar-refractivity contribution in [3.05, 3.63) is 58.7 Å². The van der Waals surface area contributed by atoms with Crippen LogP contribution in [0, 0.1) is 5.41 Å². The molecule has 2 aromatic rings.